The first-order valence-corrected chi connectivity index (χ1v) is 8.56. The van der Waals surface area contributed by atoms with Gasteiger partial charge in [-0.05, 0) is 42.9 Å². The van der Waals surface area contributed by atoms with Crippen molar-refractivity contribution in [2.24, 2.45) is 17.8 Å². The summed E-state index contributed by atoms with van der Waals surface area (Å²) in [5.74, 6) is 1.78. The number of nitrogens with zero attached hydrogens (tertiary/aromatic N) is 2. The van der Waals surface area contributed by atoms with Gasteiger partial charge in [-0.2, -0.15) is 0 Å². The van der Waals surface area contributed by atoms with Gasteiger partial charge in [-0.3, -0.25) is 4.79 Å². The molecule has 1 aromatic carbocycles. The van der Waals surface area contributed by atoms with E-state index < -0.39 is 0 Å². The number of benzene rings is 1. The number of piperazine rings is 1. The molecule has 2 aliphatic carbocycles. The minimum Gasteiger partial charge on any atom is -0.368 e. The second-order valence-corrected chi connectivity index (χ2v) is 7.12. The summed E-state index contributed by atoms with van der Waals surface area (Å²) in [4.78, 5) is 17.1. The van der Waals surface area contributed by atoms with Crippen molar-refractivity contribution >= 4 is 23.2 Å². The maximum absolute atomic E-state index is 12.7. The van der Waals surface area contributed by atoms with Gasteiger partial charge in [0.15, 0.2) is 0 Å². The van der Waals surface area contributed by atoms with Gasteiger partial charge in [0.1, 0.15) is 0 Å². The second-order valence-electron chi connectivity index (χ2n) is 6.68. The first kappa shape index (κ1) is 14.1. The molecule has 0 N–H and O–H groups in total. The van der Waals surface area contributed by atoms with Crippen molar-refractivity contribution in [2.75, 3.05) is 31.1 Å². The molecule has 4 heteroatoms. The molecule has 3 aliphatic rings. The number of hydrogen-bond acceptors (Lipinski definition) is 2. The van der Waals surface area contributed by atoms with Crippen molar-refractivity contribution in [3.8, 4) is 0 Å². The molecule has 1 amide bonds. The van der Waals surface area contributed by atoms with Crippen molar-refractivity contribution in [3.05, 3.63) is 41.4 Å². The van der Waals surface area contributed by atoms with Crippen LogP contribution in [-0.4, -0.2) is 37.0 Å². The van der Waals surface area contributed by atoms with Crippen LogP contribution in [0, 0.1) is 17.8 Å². The van der Waals surface area contributed by atoms with E-state index in [9.17, 15) is 4.79 Å². The number of fused-ring (bicyclic) bond motifs is 2. The van der Waals surface area contributed by atoms with Crippen LogP contribution in [0.2, 0.25) is 5.02 Å². The van der Waals surface area contributed by atoms with Crippen molar-refractivity contribution in [2.45, 2.75) is 12.8 Å². The highest BCUT2D eigenvalue weighted by Gasteiger charge is 2.41. The summed E-state index contributed by atoms with van der Waals surface area (Å²) >= 11 is 6.07. The number of amides is 1. The molecule has 4 rings (SSSR count). The lowest BCUT2D eigenvalue weighted by atomic mass is 9.92. The summed E-state index contributed by atoms with van der Waals surface area (Å²) < 4.78 is 0. The van der Waals surface area contributed by atoms with E-state index in [-0.39, 0.29) is 5.92 Å². The maximum Gasteiger partial charge on any atom is 0.226 e. The van der Waals surface area contributed by atoms with Gasteiger partial charge in [-0.15, -0.1) is 0 Å². The van der Waals surface area contributed by atoms with Crippen LogP contribution in [-0.2, 0) is 4.79 Å². The largest absolute Gasteiger partial charge is 0.368 e. The number of hydrogen-bond donors (Lipinski definition) is 0. The minimum absolute atomic E-state index is 0.243. The molecule has 116 valence electrons. The second kappa shape index (κ2) is 5.62. The standard InChI is InChI=1S/C18H21ClN2O/c19-15-2-1-3-16(12-15)20-6-8-21(9-7-20)18(22)17-11-13-4-5-14(17)10-13/h1-5,12-14,17H,6-11H2. The summed E-state index contributed by atoms with van der Waals surface area (Å²) in [6.45, 7) is 3.43. The van der Waals surface area contributed by atoms with E-state index in [1.54, 1.807) is 0 Å². The Bertz CT molecular complexity index is 607. The molecule has 0 aromatic heterocycles. The summed E-state index contributed by atoms with van der Waals surface area (Å²) in [5.41, 5.74) is 1.16. The Morgan fingerprint density at radius 2 is 1.91 bits per heavy atom. The molecule has 1 heterocycles. The molecular formula is C18H21ClN2O. The predicted octanol–water partition coefficient (Wildman–Crippen LogP) is 3.20. The van der Waals surface area contributed by atoms with E-state index in [2.05, 4.69) is 28.0 Å². The van der Waals surface area contributed by atoms with E-state index >= 15 is 0 Å². The van der Waals surface area contributed by atoms with Crippen LogP contribution in [0.4, 0.5) is 5.69 Å². The van der Waals surface area contributed by atoms with Crippen molar-refractivity contribution in [1.29, 1.82) is 0 Å². The zero-order valence-electron chi connectivity index (χ0n) is 12.6. The Morgan fingerprint density at radius 3 is 2.55 bits per heavy atom. The van der Waals surface area contributed by atoms with E-state index in [4.69, 9.17) is 11.6 Å². The Labute approximate surface area is 136 Å². The smallest absolute Gasteiger partial charge is 0.226 e. The number of carbonyl (C=O) groups is 1. The molecule has 1 aliphatic heterocycles. The van der Waals surface area contributed by atoms with Gasteiger partial charge in [0.25, 0.3) is 0 Å². The van der Waals surface area contributed by atoms with Crippen LogP contribution in [0.25, 0.3) is 0 Å². The van der Waals surface area contributed by atoms with Gasteiger partial charge in [0.05, 0.1) is 0 Å². The molecule has 1 aromatic rings. The number of allylic oxidation sites excluding steroid dienone is 2. The summed E-state index contributed by atoms with van der Waals surface area (Å²) in [6.07, 6.45) is 6.82. The average molecular weight is 317 g/mol. The highest BCUT2D eigenvalue weighted by molar-refractivity contribution is 6.30. The van der Waals surface area contributed by atoms with Crippen molar-refractivity contribution in [3.63, 3.8) is 0 Å². The highest BCUT2D eigenvalue weighted by atomic mass is 35.5. The third kappa shape index (κ3) is 2.52. The van der Waals surface area contributed by atoms with Crippen molar-refractivity contribution < 1.29 is 4.79 Å². The Balaban J connectivity index is 1.38. The molecule has 3 atom stereocenters. The summed E-state index contributed by atoms with van der Waals surface area (Å²) in [7, 11) is 0. The predicted molar refractivity (Wildman–Crippen MR) is 89.1 cm³/mol. The highest BCUT2D eigenvalue weighted by Crippen LogP contribution is 2.44. The zero-order valence-corrected chi connectivity index (χ0v) is 13.4. The van der Waals surface area contributed by atoms with Gasteiger partial charge in [-0.25, -0.2) is 0 Å². The third-order valence-electron chi connectivity index (χ3n) is 5.36. The normalized spacial score (nSPS) is 30.1. The molecule has 3 nitrogen and oxygen atoms in total. The maximum atomic E-state index is 12.7. The van der Waals surface area contributed by atoms with Gasteiger partial charge in [0, 0.05) is 42.8 Å². The molecule has 1 saturated heterocycles. The fourth-order valence-electron chi connectivity index (χ4n) is 4.16. The van der Waals surface area contributed by atoms with Crippen LogP contribution in [0.15, 0.2) is 36.4 Å². The van der Waals surface area contributed by atoms with Gasteiger partial charge in [-0.1, -0.05) is 29.8 Å². The number of carbonyl (C=O) groups excluding carboxylic acids is 1. The summed E-state index contributed by atoms with van der Waals surface area (Å²) in [5, 5.41) is 0.768. The quantitative estimate of drug-likeness (QED) is 0.782. The number of rotatable bonds is 2. The topological polar surface area (TPSA) is 23.6 Å². The number of halogens is 1. The molecule has 1 saturated carbocycles. The Hall–Kier alpha value is -1.48. The molecule has 0 radical (unpaired) electrons. The van der Waals surface area contributed by atoms with Gasteiger partial charge in [0.2, 0.25) is 5.91 Å². The molecule has 2 bridgehead atoms. The molecule has 3 unspecified atom stereocenters. The lowest BCUT2D eigenvalue weighted by Gasteiger charge is -2.38. The van der Waals surface area contributed by atoms with Crippen LogP contribution < -0.4 is 4.90 Å². The Morgan fingerprint density at radius 1 is 1.09 bits per heavy atom. The Kier molecular flexibility index (Phi) is 3.61. The molecule has 0 spiro atoms. The van der Waals surface area contributed by atoms with E-state index in [0.29, 0.717) is 17.7 Å². The fourth-order valence-corrected chi connectivity index (χ4v) is 4.34. The SMILES string of the molecule is O=C(C1CC2C=CC1C2)N1CCN(c2cccc(Cl)c2)CC1. The lowest BCUT2D eigenvalue weighted by molar-refractivity contribution is -0.136. The van der Waals surface area contributed by atoms with Crippen LogP contribution in [0.3, 0.4) is 0 Å². The zero-order chi connectivity index (χ0) is 15.1. The van der Waals surface area contributed by atoms with Crippen molar-refractivity contribution in [1.82, 2.24) is 4.90 Å². The fraction of sp³-hybridized carbons (Fsp3) is 0.500. The minimum atomic E-state index is 0.243. The van der Waals surface area contributed by atoms with Gasteiger partial charge >= 0.3 is 0 Å². The third-order valence-corrected chi connectivity index (χ3v) is 5.60. The first-order valence-electron chi connectivity index (χ1n) is 8.18. The average Bonchev–Trinajstić information content (AvgIpc) is 3.17. The lowest BCUT2D eigenvalue weighted by Crippen LogP contribution is -2.50. The van der Waals surface area contributed by atoms with E-state index in [1.165, 1.54) is 6.42 Å². The number of anilines is 1. The van der Waals surface area contributed by atoms with E-state index in [1.807, 2.05) is 18.2 Å². The van der Waals surface area contributed by atoms with Crippen LogP contribution in [0.1, 0.15) is 12.8 Å². The van der Waals surface area contributed by atoms with E-state index in [0.717, 1.165) is 43.3 Å². The van der Waals surface area contributed by atoms with Gasteiger partial charge < -0.3 is 9.80 Å². The summed E-state index contributed by atoms with van der Waals surface area (Å²) in [6, 6.07) is 7.97. The molecular weight excluding hydrogens is 296 g/mol. The van der Waals surface area contributed by atoms with Crippen LogP contribution >= 0.6 is 11.6 Å². The van der Waals surface area contributed by atoms with Crippen LogP contribution in [0.5, 0.6) is 0 Å². The molecule has 2 fully saturated rings. The molecule has 22 heavy (non-hydrogen) atoms. The first-order chi connectivity index (χ1) is 10.7. The monoisotopic (exact) mass is 316 g/mol.